The van der Waals surface area contributed by atoms with Gasteiger partial charge in [0.2, 0.25) is 0 Å². The van der Waals surface area contributed by atoms with Gasteiger partial charge in [-0.2, -0.15) is 0 Å². The van der Waals surface area contributed by atoms with Crippen LogP contribution in [0.2, 0.25) is 0 Å². The van der Waals surface area contributed by atoms with Crippen LogP contribution >= 0.6 is 22.6 Å². The van der Waals surface area contributed by atoms with Gasteiger partial charge in [0.25, 0.3) is 5.69 Å². The van der Waals surface area contributed by atoms with Crippen LogP contribution in [-0.2, 0) is 0 Å². The number of nitro groups is 1. The maximum atomic E-state index is 13.8. The van der Waals surface area contributed by atoms with Crippen molar-refractivity contribution in [3.63, 3.8) is 0 Å². The number of rotatable bonds is 4. The monoisotopic (exact) mass is 402 g/mol. The lowest BCUT2D eigenvalue weighted by molar-refractivity contribution is -0.384. The molecule has 0 spiro atoms. The molecule has 0 fully saturated rings. The molecule has 0 radical (unpaired) electrons. The highest BCUT2D eigenvalue weighted by molar-refractivity contribution is 14.1. The molecule has 0 aliphatic rings. The largest absolute Gasteiger partial charge is 0.478 e. The van der Waals surface area contributed by atoms with Gasteiger partial charge in [-0.05, 0) is 46.9 Å². The second-order valence-corrected chi connectivity index (χ2v) is 5.29. The quantitative estimate of drug-likeness (QED) is 0.462. The zero-order valence-corrected chi connectivity index (χ0v) is 12.5. The van der Waals surface area contributed by atoms with Crippen molar-refractivity contribution < 1.29 is 19.2 Å². The summed E-state index contributed by atoms with van der Waals surface area (Å²) in [5.74, 6) is -1.89. The number of hydrogen-bond donors (Lipinski definition) is 2. The fourth-order valence-electron chi connectivity index (χ4n) is 1.67. The minimum absolute atomic E-state index is 0.0770. The molecule has 0 aliphatic heterocycles. The molecule has 0 bridgehead atoms. The molecule has 0 aromatic heterocycles. The van der Waals surface area contributed by atoms with Gasteiger partial charge >= 0.3 is 5.97 Å². The Morgan fingerprint density at radius 3 is 2.48 bits per heavy atom. The maximum absolute atomic E-state index is 13.8. The Morgan fingerprint density at radius 2 is 1.90 bits per heavy atom. The zero-order valence-electron chi connectivity index (χ0n) is 10.3. The third-order valence-corrected chi connectivity index (χ3v) is 3.32. The number of carboxylic acids is 1. The molecule has 0 saturated carbocycles. The number of nitrogens with zero attached hydrogens (tertiary/aromatic N) is 1. The molecule has 6 nitrogen and oxygen atoms in total. The number of hydrogen-bond acceptors (Lipinski definition) is 4. The van der Waals surface area contributed by atoms with Crippen LogP contribution in [0.1, 0.15) is 10.4 Å². The summed E-state index contributed by atoms with van der Waals surface area (Å²) in [6.07, 6.45) is 0. The molecule has 2 N–H and O–H groups in total. The minimum Gasteiger partial charge on any atom is -0.478 e. The Morgan fingerprint density at radius 1 is 1.24 bits per heavy atom. The predicted octanol–water partition coefficient (Wildman–Crippen LogP) is 3.78. The van der Waals surface area contributed by atoms with Crippen LogP contribution < -0.4 is 5.32 Å². The molecule has 108 valence electrons. The number of non-ortho nitro benzene ring substituents is 1. The van der Waals surface area contributed by atoms with E-state index in [0.29, 0.717) is 3.57 Å². The molecular formula is C13H8FIN2O4. The highest BCUT2D eigenvalue weighted by Crippen LogP contribution is 2.27. The van der Waals surface area contributed by atoms with Crippen LogP contribution in [0.4, 0.5) is 21.5 Å². The van der Waals surface area contributed by atoms with E-state index in [1.165, 1.54) is 18.2 Å². The van der Waals surface area contributed by atoms with Crippen LogP contribution in [0, 0.1) is 19.5 Å². The standard InChI is InChI=1S/C13H8FIN2O4/c14-10-5-7(15)1-3-12(10)16-11-4-2-8(17(20)21)6-9(11)13(18)19/h1-6,16H,(H,18,19). The predicted molar refractivity (Wildman–Crippen MR) is 82.5 cm³/mol. The van der Waals surface area contributed by atoms with Crippen molar-refractivity contribution in [3.8, 4) is 0 Å². The van der Waals surface area contributed by atoms with Crippen LogP contribution in [0.5, 0.6) is 0 Å². The average molecular weight is 402 g/mol. The number of carboxylic acid groups (broad SMARTS) is 1. The summed E-state index contributed by atoms with van der Waals surface area (Å²) in [6, 6.07) is 7.71. The van der Waals surface area contributed by atoms with Crippen molar-refractivity contribution in [1.82, 2.24) is 0 Å². The molecule has 2 aromatic rings. The summed E-state index contributed by atoms with van der Waals surface area (Å²) < 4.78 is 14.4. The number of benzene rings is 2. The highest BCUT2D eigenvalue weighted by Gasteiger charge is 2.17. The Hall–Kier alpha value is -2.23. The van der Waals surface area contributed by atoms with Gasteiger partial charge in [0.15, 0.2) is 0 Å². The third-order valence-electron chi connectivity index (χ3n) is 2.64. The molecule has 0 aliphatic carbocycles. The Balaban J connectivity index is 2.44. The van der Waals surface area contributed by atoms with E-state index in [1.54, 1.807) is 6.07 Å². The Bertz CT molecular complexity index is 736. The van der Waals surface area contributed by atoms with Crippen LogP contribution in [-0.4, -0.2) is 16.0 Å². The van der Waals surface area contributed by atoms with Crippen molar-refractivity contribution in [1.29, 1.82) is 0 Å². The molecule has 0 heterocycles. The summed E-state index contributed by atoms with van der Waals surface area (Å²) in [5, 5.41) is 22.4. The van der Waals surface area contributed by atoms with Crippen molar-refractivity contribution in [2.75, 3.05) is 5.32 Å². The first kappa shape index (κ1) is 15.2. The lowest BCUT2D eigenvalue weighted by Gasteiger charge is -2.10. The third kappa shape index (κ3) is 3.45. The van der Waals surface area contributed by atoms with Gasteiger partial charge in [-0.3, -0.25) is 10.1 Å². The molecule has 2 rings (SSSR count). The minimum atomic E-state index is -1.34. The zero-order chi connectivity index (χ0) is 15.6. The molecular weight excluding hydrogens is 394 g/mol. The summed E-state index contributed by atoms with van der Waals surface area (Å²) >= 11 is 1.95. The van der Waals surface area contributed by atoms with Gasteiger partial charge in [-0.15, -0.1) is 0 Å². The van der Waals surface area contributed by atoms with E-state index in [4.69, 9.17) is 5.11 Å². The van der Waals surface area contributed by atoms with Crippen molar-refractivity contribution in [2.45, 2.75) is 0 Å². The lowest BCUT2D eigenvalue weighted by Crippen LogP contribution is -2.05. The van der Waals surface area contributed by atoms with Gasteiger partial charge in [0.1, 0.15) is 5.82 Å². The number of aromatic carboxylic acids is 1. The molecule has 2 aromatic carbocycles. The average Bonchev–Trinajstić information content (AvgIpc) is 2.41. The van der Waals surface area contributed by atoms with E-state index >= 15 is 0 Å². The topological polar surface area (TPSA) is 92.5 Å². The van der Waals surface area contributed by atoms with Gasteiger partial charge in [0, 0.05) is 15.7 Å². The van der Waals surface area contributed by atoms with E-state index < -0.39 is 16.7 Å². The van der Waals surface area contributed by atoms with Crippen molar-refractivity contribution in [2.24, 2.45) is 0 Å². The molecule has 0 saturated heterocycles. The smallest absolute Gasteiger partial charge is 0.338 e. The second-order valence-electron chi connectivity index (χ2n) is 4.04. The van der Waals surface area contributed by atoms with E-state index in [9.17, 15) is 19.3 Å². The van der Waals surface area contributed by atoms with Gasteiger partial charge < -0.3 is 10.4 Å². The van der Waals surface area contributed by atoms with E-state index in [-0.39, 0.29) is 22.6 Å². The number of nitro benzene ring substituents is 1. The number of nitrogens with one attached hydrogen (secondary N) is 1. The van der Waals surface area contributed by atoms with Crippen molar-refractivity contribution in [3.05, 3.63) is 61.5 Å². The van der Waals surface area contributed by atoms with Crippen LogP contribution in [0.25, 0.3) is 0 Å². The van der Waals surface area contributed by atoms with Gasteiger partial charge in [-0.1, -0.05) is 0 Å². The number of carbonyl (C=O) groups is 1. The molecule has 0 unspecified atom stereocenters. The maximum Gasteiger partial charge on any atom is 0.338 e. The summed E-state index contributed by atoms with van der Waals surface area (Å²) in [4.78, 5) is 21.1. The fraction of sp³-hybridized carbons (Fsp3) is 0. The first-order chi connectivity index (χ1) is 9.88. The molecule has 0 amide bonds. The van der Waals surface area contributed by atoms with Crippen molar-refractivity contribution >= 4 is 45.6 Å². The normalized spacial score (nSPS) is 10.2. The molecule has 8 heteroatoms. The van der Waals surface area contributed by atoms with E-state index in [0.717, 1.165) is 12.1 Å². The van der Waals surface area contributed by atoms with E-state index in [2.05, 4.69) is 5.32 Å². The lowest BCUT2D eigenvalue weighted by atomic mass is 10.1. The van der Waals surface area contributed by atoms with E-state index in [1.807, 2.05) is 22.6 Å². The Kier molecular flexibility index (Phi) is 4.36. The molecule has 21 heavy (non-hydrogen) atoms. The first-order valence-corrected chi connectivity index (χ1v) is 6.70. The summed E-state index contributed by atoms with van der Waals surface area (Å²) in [6.45, 7) is 0. The second kappa shape index (κ2) is 6.04. The number of halogens is 2. The summed E-state index contributed by atoms with van der Waals surface area (Å²) in [5.41, 5.74) is -0.483. The number of anilines is 2. The summed E-state index contributed by atoms with van der Waals surface area (Å²) in [7, 11) is 0. The van der Waals surface area contributed by atoms with Crippen LogP contribution in [0.15, 0.2) is 36.4 Å². The molecule has 0 atom stereocenters. The first-order valence-electron chi connectivity index (χ1n) is 5.62. The van der Waals surface area contributed by atoms with Gasteiger partial charge in [0.05, 0.1) is 21.9 Å². The fourth-order valence-corrected chi connectivity index (χ4v) is 2.12. The van der Waals surface area contributed by atoms with Gasteiger partial charge in [-0.25, -0.2) is 9.18 Å². The van der Waals surface area contributed by atoms with Crippen LogP contribution in [0.3, 0.4) is 0 Å². The highest BCUT2D eigenvalue weighted by atomic mass is 127. The SMILES string of the molecule is O=C(O)c1cc([N+](=O)[O-])ccc1Nc1ccc(I)cc1F. The Labute approximate surface area is 131 Å².